The number of hydrogen-bond donors (Lipinski definition) is 1. The molecule has 1 amide bonds. The molecule has 1 unspecified atom stereocenters. The first-order chi connectivity index (χ1) is 15.4. The van der Waals surface area contributed by atoms with Gasteiger partial charge in [0.15, 0.2) is 17.3 Å². The van der Waals surface area contributed by atoms with Gasteiger partial charge >= 0.3 is 0 Å². The molecule has 3 heterocycles. The zero-order valence-electron chi connectivity index (χ0n) is 17.8. The van der Waals surface area contributed by atoms with E-state index in [1.807, 2.05) is 19.9 Å². The van der Waals surface area contributed by atoms with E-state index >= 15 is 0 Å². The van der Waals surface area contributed by atoms with E-state index in [9.17, 15) is 14.0 Å². The molecule has 0 bridgehead atoms. The van der Waals surface area contributed by atoms with E-state index in [2.05, 4.69) is 15.3 Å². The second kappa shape index (κ2) is 7.85. The quantitative estimate of drug-likeness (QED) is 0.671. The van der Waals surface area contributed by atoms with Crippen LogP contribution in [0.1, 0.15) is 56.3 Å². The number of nitrogens with one attached hydrogen (secondary N) is 1. The lowest BCUT2D eigenvalue weighted by atomic mass is 9.94. The molecule has 7 nitrogen and oxygen atoms in total. The van der Waals surface area contributed by atoms with Gasteiger partial charge in [-0.25, -0.2) is 9.37 Å². The summed E-state index contributed by atoms with van der Waals surface area (Å²) in [5, 5.41) is 2.79. The number of furan rings is 1. The van der Waals surface area contributed by atoms with Crippen LogP contribution in [0.3, 0.4) is 0 Å². The smallest absolute Gasteiger partial charge is 0.255 e. The zero-order chi connectivity index (χ0) is 22.4. The number of aryl methyl sites for hydroxylation is 3. The van der Waals surface area contributed by atoms with Gasteiger partial charge in [-0.1, -0.05) is 0 Å². The number of carbonyl (C=O) groups is 2. The Labute approximate surface area is 184 Å². The molecule has 1 aromatic carbocycles. The van der Waals surface area contributed by atoms with Gasteiger partial charge in [0.05, 0.1) is 34.8 Å². The number of ether oxygens (including phenoxy) is 1. The lowest BCUT2D eigenvalue weighted by Crippen LogP contribution is -2.35. The van der Waals surface area contributed by atoms with Crippen molar-refractivity contribution < 1.29 is 23.1 Å². The maximum atomic E-state index is 14.8. The first kappa shape index (κ1) is 20.4. The summed E-state index contributed by atoms with van der Waals surface area (Å²) in [5.74, 6) is -0.166. The Morgan fingerprint density at radius 2 is 2.12 bits per heavy atom. The summed E-state index contributed by atoms with van der Waals surface area (Å²) in [5.41, 5.74) is 4.11. The Hall–Kier alpha value is -3.55. The maximum Gasteiger partial charge on any atom is 0.255 e. The van der Waals surface area contributed by atoms with Crippen LogP contribution in [0, 0.1) is 19.7 Å². The van der Waals surface area contributed by atoms with E-state index < -0.39 is 17.8 Å². The first-order valence-electron chi connectivity index (χ1n) is 10.6. The van der Waals surface area contributed by atoms with E-state index in [1.54, 1.807) is 6.20 Å². The van der Waals surface area contributed by atoms with Crippen LogP contribution in [0.5, 0.6) is 5.75 Å². The van der Waals surface area contributed by atoms with Crippen molar-refractivity contribution in [1.82, 2.24) is 15.3 Å². The summed E-state index contributed by atoms with van der Waals surface area (Å²) in [7, 11) is 0. The minimum atomic E-state index is -0.469. The number of rotatable bonds is 4. The van der Waals surface area contributed by atoms with E-state index in [0.29, 0.717) is 41.8 Å². The van der Waals surface area contributed by atoms with E-state index in [-0.39, 0.29) is 23.6 Å². The van der Waals surface area contributed by atoms with Crippen LogP contribution in [0.2, 0.25) is 0 Å². The molecule has 1 atom stereocenters. The number of carbonyl (C=O) groups excluding carboxylic acids is 2. The Bertz CT molecular complexity index is 1250. The summed E-state index contributed by atoms with van der Waals surface area (Å²) >= 11 is 0. The van der Waals surface area contributed by atoms with Crippen LogP contribution < -0.4 is 10.1 Å². The molecular weight excluding hydrogens is 413 g/mol. The average Bonchev–Trinajstić information content (AvgIpc) is 3.39. The number of benzene rings is 1. The normalized spacial score (nSPS) is 17.0. The highest BCUT2D eigenvalue weighted by atomic mass is 19.1. The molecule has 1 N–H and O–H groups in total. The number of hydrogen-bond acceptors (Lipinski definition) is 6. The van der Waals surface area contributed by atoms with Crippen LogP contribution in [0.25, 0.3) is 11.3 Å². The third kappa shape index (κ3) is 3.55. The molecule has 0 saturated carbocycles. The Morgan fingerprint density at radius 1 is 1.28 bits per heavy atom. The molecule has 3 aromatic rings. The minimum absolute atomic E-state index is 0.0705. The maximum absolute atomic E-state index is 14.8. The van der Waals surface area contributed by atoms with Gasteiger partial charge in [0.2, 0.25) is 0 Å². The minimum Gasteiger partial charge on any atom is -0.485 e. The lowest BCUT2D eigenvalue weighted by Gasteiger charge is -2.13. The van der Waals surface area contributed by atoms with Crippen molar-refractivity contribution in [3.63, 3.8) is 0 Å². The number of Topliss-reactive ketones (excluding diaryl/α,β-unsaturated/α-hetero) is 1. The SMILES string of the molecule is Cc1cnc(C)c(-c2cc(F)c3c(c2)CC(CNC(=O)c2coc4c2C(=O)CCC4)O3)n1. The summed E-state index contributed by atoms with van der Waals surface area (Å²) in [4.78, 5) is 33.7. The highest BCUT2D eigenvalue weighted by molar-refractivity contribution is 6.09. The average molecular weight is 435 g/mol. The van der Waals surface area contributed by atoms with Gasteiger partial charge in [0.1, 0.15) is 18.1 Å². The van der Waals surface area contributed by atoms with Crippen molar-refractivity contribution >= 4 is 11.7 Å². The molecule has 32 heavy (non-hydrogen) atoms. The number of amides is 1. The molecule has 0 saturated heterocycles. The zero-order valence-corrected chi connectivity index (χ0v) is 17.8. The van der Waals surface area contributed by atoms with Gasteiger partial charge in [-0.2, -0.15) is 0 Å². The fraction of sp³-hybridized carbons (Fsp3) is 0.333. The molecule has 8 heteroatoms. The lowest BCUT2D eigenvalue weighted by molar-refractivity contribution is 0.0914. The molecule has 164 valence electrons. The molecule has 1 aliphatic heterocycles. The molecule has 5 rings (SSSR count). The van der Waals surface area contributed by atoms with Crippen LogP contribution >= 0.6 is 0 Å². The fourth-order valence-corrected chi connectivity index (χ4v) is 4.34. The summed E-state index contributed by atoms with van der Waals surface area (Å²) in [6.45, 7) is 3.85. The van der Waals surface area contributed by atoms with E-state index in [4.69, 9.17) is 9.15 Å². The van der Waals surface area contributed by atoms with Crippen molar-refractivity contribution in [2.75, 3.05) is 6.54 Å². The Kier molecular flexibility index (Phi) is 5.00. The predicted octanol–water partition coefficient (Wildman–Crippen LogP) is 3.75. The van der Waals surface area contributed by atoms with Crippen LogP contribution in [-0.2, 0) is 12.8 Å². The van der Waals surface area contributed by atoms with Gasteiger partial charge in [-0.3, -0.25) is 14.6 Å². The third-order valence-corrected chi connectivity index (χ3v) is 5.89. The van der Waals surface area contributed by atoms with E-state index in [1.165, 1.54) is 12.3 Å². The second-order valence-electron chi connectivity index (χ2n) is 8.27. The fourth-order valence-electron chi connectivity index (χ4n) is 4.34. The largest absolute Gasteiger partial charge is 0.485 e. The first-order valence-corrected chi connectivity index (χ1v) is 10.6. The van der Waals surface area contributed by atoms with Crippen LogP contribution in [0.15, 0.2) is 29.0 Å². The monoisotopic (exact) mass is 435 g/mol. The molecule has 0 radical (unpaired) electrons. The summed E-state index contributed by atoms with van der Waals surface area (Å²) < 4.78 is 26.0. The predicted molar refractivity (Wildman–Crippen MR) is 113 cm³/mol. The standard InChI is InChI=1S/C24H22FN3O4/c1-12-9-26-13(2)22(28-12)14-6-15-7-16(32-23(15)18(25)8-14)10-27-24(30)17-11-31-20-5-3-4-19(29)21(17)20/h6,8-9,11,16H,3-5,7,10H2,1-2H3,(H,27,30). The Balaban J connectivity index is 1.30. The second-order valence-corrected chi connectivity index (χ2v) is 8.27. The number of halogens is 1. The van der Waals surface area contributed by atoms with Gasteiger partial charge in [0, 0.05) is 36.6 Å². The van der Waals surface area contributed by atoms with Crippen molar-refractivity contribution in [2.45, 2.75) is 45.6 Å². The van der Waals surface area contributed by atoms with Crippen molar-refractivity contribution in [3.05, 3.63) is 64.2 Å². The molecule has 2 aromatic heterocycles. The molecule has 2 aliphatic rings. The molecular formula is C24H22FN3O4. The van der Waals surface area contributed by atoms with Crippen molar-refractivity contribution in [1.29, 1.82) is 0 Å². The van der Waals surface area contributed by atoms with Crippen molar-refractivity contribution in [2.24, 2.45) is 0 Å². The summed E-state index contributed by atoms with van der Waals surface area (Å²) in [6, 6.07) is 3.27. The van der Waals surface area contributed by atoms with Gasteiger partial charge in [-0.15, -0.1) is 0 Å². The number of aromatic nitrogens is 2. The molecule has 0 fully saturated rings. The number of fused-ring (bicyclic) bond motifs is 2. The number of ketones is 1. The van der Waals surface area contributed by atoms with Crippen molar-refractivity contribution in [3.8, 4) is 17.0 Å². The third-order valence-electron chi connectivity index (χ3n) is 5.89. The summed E-state index contributed by atoms with van der Waals surface area (Å²) in [6.07, 6.45) is 4.85. The Morgan fingerprint density at radius 3 is 2.97 bits per heavy atom. The highest BCUT2D eigenvalue weighted by Gasteiger charge is 2.30. The topological polar surface area (TPSA) is 94.3 Å². The van der Waals surface area contributed by atoms with Crippen LogP contribution in [-0.4, -0.2) is 34.3 Å². The van der Waals surface area contributed by atoms with Gasteiger partial charge < -0.3 is 14.5 Å². The highest BCUT2D eigenvalue weighted by Crippen LogP contribution is 2.36. The van der Waals surface area contributed by atoms with Gasteiger partial charge in [0.25, 0.3) is 5.91 Å². The van der Waals surface area contributed by atoms with Gasteiger partial charge in [-0.05, 0) is 32.4 Å². The van der Waals surface area contributed by atoms with E-state index in [0.717, 1.165) is 23.4 Å². The molecule has 1 aliphatic carbocycles. The van der Waals surface area contributed by atoms with Crippen LogP contribution in [0.4, 0.5) is 4.39 Å². The number of nitrogens with zero attached hydrogens (tertiary/aromatic N) is 2. The molecule has 0 spiro atoms.